The van der Waals surface area contributed by atoms with Crippen molar-refractivity contribution in [3.63, 3.8) is 0 Å². The van der Waals surface area contributed by atoms with Gasteiger partial charge in [-0.1, -0.05) is 159 Å². The van der Waals surface area contributed by atoms with Gasteiger partial charge in [0, 0.05) is 5.41 Å². The number of benzene rings is 8. The van der Waals surface area contributed by atoms with E-state index < -0.39 is 0 Å². The molecule has 0 heterocycles. The van der Waals surface area contributed by atoms with E-state index in [2.05, 4.69) is 172 Å². The Labute approximate surface area is 264 Å². The van der Waals surface area contributed by atoms with Crippen molar-refractivity contribution in [2.24, 2.45) is 0 Å². The second kappa shape index (κ2) is 9.78. The molecule has 1 aliphatic carbocycles. The zero-order valence-electron chi connectivity index (χ0n) is 25.5. The van der Waals surface area contributed by atoms with Crippen LogP contribution in [-0.4, -0.2) is 0 Å². The molecule has 1 aliphatic rings. The summed E-state index contributed by atoms with van der Waals surface area (Å²) in [6, 6.07) is 58.3. The molecule has 0 amide bonds. The highest BCUT2D eigenvalue weighted by Crippen LogP contribution is 2.52. The largest absolute Gasteiger partial charge is 0.0622 e. The molecule has 8 aromatic carbocycles. The minimum Gasteiger partial charge on any atom is -0.0622 e. The average molecular weight is 573 g/mol. The Hall–Kier alpha value is -5.46. The molecule has 0 unspecified atom stereocenters. The summed E-state index contributed by atoms with van der Waals surface area (Å²) in [4.78, 5) is 0. The first-order valence-electron chi connectivity index (χ1n) is 15.9. The molecular weight excluding hydrogens is 540 g/mol. The molecule has 0 saturated heterocycles. The summed E-state index contributed by atoms with van der Waals surface area (Å²) in [5.41, 5.74) is 13.1. The Morgan fingerprint density at radius 1 is 0.356 bits per heavy atom. The van der Waals surface area contributed by atoms with Gasteiger partial charge in [0.1, 0.15) is 0 Å². The molecule has 0 spiro atoms. The third-order valence-electron chi connectivity index (χ3n) is 10.0. The molecular formula is C45H32. The summed E-state index contributed by atoms with van der Waals surface area (Å²) in [7, 11) is 0. The first-order chi connectivity index (χ1) is 22.1. The lowest BCUT2D eigenvalue weighted by atomic mass is 9.79. The minimum absolute atomic E-state index is 0.0845. The molecule has 0 aliphatic heterocycles. The van der Waals surface area contributed by atoms with E-state index in [1.807, 2.05) is 0 Å². The lowest BCUT2D eigenvalue weighted by Crippen LogP contribution is -2.15. The maximum Gasteiger partial charge on any atom is 0.0165 e. The minimum atomic E-state index is -0.0845. The van der Waals surface area contributed by atoms with Crippen molar-refractivity contribution in [1.82, 2.24) is 0 Å². The van der Waals surface area contributed by atoms with E-state index in [-0.39, 0.29) is 5.41 Å². The van der Waals surface area contributed by atoms with Gasteiger partial charge in [0.2, 0.25) is 0 Å². The van der Waals surface area contributed by atoms with Gasteiger partial charge < -0.3 is 0 Å². The van der Waals surface area contributed by atoms with E-state index in [1.165, 1.54) is 88.0 Å². The summed E-state index contributed by atoms with van der Waals surface area (Å²) in [6.45, 7) is 4.77. The van der Waals surface area contributed by atoms with Crippen molar-refractivity contribution >= 4 is 32.3 Å². The van der Waals surface area contributed by atoms with E-state index in [0.29, 0.717) is 0 Å². The van der Waals surface area contributed by atoms with Gasteiger partial charge in [-0.15, -0.1) is 0 Å². The van der Waals surface area contributed by atoms with Gasteiger partial charge in [-0.3, -0.25) is 0 Å². The van der Waals surface area contributed by atoms with E-state index in [0.717, 1.165) is 0 Å². The lowest BCUT2D eigenvalue weighted by molar-refractivity contribution is 0.666. The maximum atomic E-state index is 2.44. The van der Waals surface area contributed by atoms with Crippen molar-refractivity contribution < 1.29 is 0 Å². The quantitative estimate of drug-likeness (QED) is 0.185. The summed E-state index contributed by atoms with van der Waals surface area (Å²) < 4.78 is 0. The fraction of sp³-hybridized carbons (Fsp3) is 0.0667. The molecule has 0 radical (unpaired) electrons. The predicted octanol–water partition coefficient (Wildman–Crippen LogP) is 12.5. The number of fused-ring (bicyclic) bond motifs is 7. The monoisotopic (exact) mass is 572 g/mol. The van der Waals surface area contributed by atoms with Crippen LogP contribution in [0.15, 0.2) is 158 Å². The molecule has 0 aromatic heterocycles. The van der Waals surface area contributed by atoms with Crippen LogP contribution in [0.4, 0.5) is 0 Å². The molecule has 0 atom stereocenters. The van der Waals surface area contributed by atoms with Gasteiger partial charge in [-0.25, -0.2) is 0 Å². The van der Waals surface area contributed by atoms with Crippen molar-refractivity contribution in [2.75, 3.05) is 0 Å². The average Bonchev–Trinajstić information content (AvgIpc) is 3.33. The topological polar surface area (TPSA) is 0 Å². The maximum absolute atomic E-state index is 2.44. The van der Waals surface area contributed by atoms with Crippen LogP contribution < -0.4 is 0 Å². The summed E-state index contributed by atoms with van der Waals surface area (Å²) in [6.07, 6.45) is 0. The number of hydrogen-bond acceptors (Lipinski definition) is 0. The first-order valence-corrected chi connectivity index (χ1v) is 15.9. The zero-order chi connectivity index (χ0) is 30.1. The highest BCUT2D eigenvalue weighted by Gasteiger charge is 2.37. The second-order valence-corrected chi connectivity index (χ2v) is 12.9. The van der Waals surface area contributed by atoms with Gasteiger partial charge in [0.05, 0.1) is 0 Å². The SMILES string of the molecule is CC1(C)c2cc(-c3cccc(-c4c5ccccc5c(-c5ccccc5)c5ccccc45)c3)ccc2-c2ccc3ccccc3c21. The van der Waals surface area contributed by atoms with E-state index in [9.17, 15) is 0 Å². The van der Waals surface area contributed by atoms with Crippen molar-refractivity contribution in [3.8, 4) is 44.5 Å². The van der Waals surface area contributed by atoms with Gasteiger partial charge in [-0.2, -0.15) is 0 Å². The van der Waals surface area contributed by atoms with E-state index >= 15 is 0 Å². The van der Waals surface area contributed by atoms with Crippen LogP contribution in [0.3, 0.4) is 0 Å². The third-order valence-corrected chi connectivity index (χ3v) is 10.0. The van der Waals surface area contributed by atoms with Gasteiger partial charge in [0.25, 0.3) is 0 Å². The molecule has 0 N–H and O–H groups in total. The van der Waals surface area contributed by atoms with Crippen LogP contribution in [0.5, 0.6) is 0 Å². The smallest absolute Gasteiger partial charge is 0.0165 e. The fourth-order valence-electron chi connectivity index (χ4n) is 7.99. The molecule has 8 aromatic rings. The highest BCUT2D eigenvalue weighted by molar-refractivity contribution is 6.21. The van der Waals surface area contributed by atoms with Crippen molar-refractivity contribution in [3.05, 3.63) is 169 Å². The molecule has 0 fully saturated rings. The Kier molecular flexibility index (Phi) is 5.64. The predicted molar refractivity (Wildman–Crippen MR) is 193 cm³/mol. The normalized spacial score (nSPS) is 13.3. The fourth-order valence-corrected chi connectivity index (χ4v) is 7.99. The van der Waals surface area contributed by atoms with Gasteiger partial charge in [0.15, 0.2) is 0 Å². The van der Waals surface area contributed by atoms with Crippen LogP contribution in [0.2, 0.25) is 0 Å². The van der Waals surface area contributed by atoms with Crippen LogP contribution in [0.1, 0.15) is 25.0 Å². The zero-order valence-corrected chi connectivity index (χ0v) is 25.5. The second-order valence-electron chi connectivity index (χ2n) is 12.9. The standard InChI is InChI=1S/C45H32/c1-45(2)41-28-32(24-25-35(41)40-26-23-29-13-6-7-18-34(29)44(40)45)31-16-12-17-33(27-31)43-38-21-10-8-19-36(38)42(30-14-4-3-5-15-30)37-20-9-11-22-39(37)43/h3-28H,1-2H3. The van der Waals surface area contributed by atoms with Crippen LogP contribution >= 0.6 is 0 Å². The van der Waals surface area contributed by atoms with Crippen molar-refractivity contribution in [2.45, 2.75) is 19.3 Å². The van der Waals surface area contributed by atoms with Crippen LogP contribution in [0.25, 0.3) is 76.8 Å². The Balaban J connectivity index is 1.23. The molecule has 0 bridgehead atoms. The van der Waals surface area contributed by atoms with E-state index in [1.54, 1.807) is 0 Å². The molecule has 0 nitrogen and oxygen atoms in total. The summed E-state index contributed by atoms with van der Waals surface area (Å²) in [5, 5.41) is 7.80. The molecule has 45 heavy (non-hydrogen) atoms. The summed E-state index contributed by atoms with van der Waals surface area (Å²) >= 11 is 0. The molecule has 9 rings (SSSR count). The van der Waals surface area contributed by atoms with Crippen molar-refractivity contribution in [1.29, 1.82) is 0 Å². The van der Waals surface area contributed by atoms with Gasteiger partial charge >= 0.3 is 0 Å². The Bertz CT molecular complexity index is 2390. The van der Waals surface area contributed by atoms with Crippen LogP contribution in [0, 0.1) is 0 Å². The molecule has 0 saturated carbocycles. The number of rotatable bonds is 3. The van der Waals surface area contributed by atoms with Crippen LogP contribution in [-0.2, 0) is 5.41 Å². The van der Waals surface area contributed by atoms with Gasteiger partial charge in [-0.05, 0) is 100 Å². The highest BCUT2D eigenvalue weighted by atomic mass is 14.4. The third kappa shape index (κ3) is 3.85. The van der Waals surface area contributed by atoms with E-state index in [4.69, 9.17) is 0 Å². The summed E-state index contributed by atoms with van der Waals surface area (Å²) in [5.74, 6) is 0. The molecule has 0 heteroatoms. The number of hydrogen-bond donors (Lipinski definition) is 0. The molecule has 212 valence electrons. The first kappa shape index (κ1) is 26.0. The Morgan fingerprint density at radius 2 is 0.867 bits per heavy atom. The lowest BCUT2D eigenvalue weighted by Gasteiger charge is -2.23. The Morgan fingerprint density at radius 3 is 1.56 bits per heavy atom.